The molecule has 1 aliphatic rings. The van der Waals surface area contributed by atoms with Crippen molar-refractivity contribution in [1.82, 2.24) is 4.57 Å². The second-order valence-corrected chi connectivity index (χ2v) is 15.3. The van der Waals surface area contributed by atoms with Gasteiger partial charge in [0.2, 0.25) is 0 Å². The monoisotopic (exact) mass is 752 g/mol. The fourth-order valence-electron chi connectivity index (χ4n) is 9.39. The molecule has 59 heavy (non-hydrogen) atoms. The minimum Gasteiger partial charge on any atom is -0.317 e. The highest BCUT2D eigenvalue weighted by atomic mass is 15.1. The maximum atomic E-state index is 2.43. The summed E-state index contributed by atoms with van der Waals surface area (Å²) in [6, 6.07) is 86.2. The van der Waals surface area contributed by atoms with Gasteiger partial charge in [0.15, 0.2) is 0 Å². The molecule has 0 bridgehead atoms. The van der Waals surface area contributed by atoms with Crippen molar-refractivity contribution in [1.29, 1.82) is 0 Å². The highest BCUT2D eigenvalue weighted by Crippen LogP contribution is 2.57. The lowest BCUT2D eigenvalue weighted by Gasteiger charge is -2.35. The van der Waals surface area contributed by atoms with Crippen LogP contribution in [-0.2, 0) is 5.41 Å². The summed E-state index contributed by atoms with van der Waals surface area (Å²) in [6.45, 7) is 0. The van der Waals surface area contributed by atoms with Gasteiger partial charge in [-0.25, -0.2) is 0 Å². The predicted molar refractivity (Wildman–Crippen MR) is 246 cm³/mol. The van der Waals surface area contributed by atoms with E-state index in [1.165, 1.54) is 66.5 Å². The molecule has 0 amide bonds. The Hall–Kier alpha value is -7.68. The van der Waals surface area contributed by atoms with Crippen LogP contribution in [0.2, 0.25) is 0 Å². The Balaban J connectivity index is 0.964. The first kappa shape index (κ1) is 34.6. The van der Waals surface area contributed by atoms with Crippen LogP contribution in [0, 0.1) is 0 Å². The van der Waals surface area contributed by atoms with E-state index in [0.29, 0.717) is 0 Å². The molecule has 0 aliphatic heterocycles. The molecule has 278 valence electrons. The van der Waals surface area contributed by atoms with Gasteiger partial charge in [-0.1, -0.05) is 170 Å². The molecule has 0 N–H and O–H groups in total. The van der Waals surface area contributed by atoms with E-state index >= 15 is 0 Å². The van der Waals surface area contributed by atoms with E-state index in [0.717, 1.165) is 22.7 Å². The van der Waals surface area contributed by atoms with Gasteiger partial charge in [0.05, 0.1) is 10.9 Å². The van der Waals surface area contributed by atoms with Gasteiger partial charge in [0.1, 0.15) is 0 Å². The fraction of sp³-hybridized carbons (Fsp3) is 0.0175. The topological polar surface area (TPSA) is 8.17 Å². The second kappa shape index (κ2) is 14.4. The Morgan fingerprint density at radius 3 is 1.53 bits per heavy atom. The zero-order valence-electron chi connectivity index (χ0n) is 32.5. The standard InChI is InChI=1S/C57H40N2/c1-5-15-41(16-6-1)44-29-36-56-45(39-44)37-38-58(56)48-30-25-42(26-31-48)43-27-32-50(33-28-43)59(49-21-11-4-12-22-49)51-34-35-53-52-23-13-14-24-54(52)57(55(53)40-51,46-17-7-2-8-18-46)47-19-9-3-10-20-47/h1-40H. The molecule has 0 saturated heterocycles. The Bertz CT molecular complexity index is 3020. The van der Waals surface area contributed by atoms with Crippen LogP contribution in [0.4, 0.5) is 17.1 Å². The number of para-hydroxylation sites is 1. The summed E-state index contributed by atoms with van der Waals surface area (Å²) in [7, 11) is 0. The number of anilines is 3. The van der Waals surface area contributed by atoms with Gasteiger partial charge >= 0.3 is 0 Å². The molecule has 0 atom stereocenters. The number of fused-ring (bicyclic) bond motifs is 4. The quantitative estimate of drug-likeness (QED) is 0.150. The van der Waals surface area contributed by atoms with Gasteiger partial charge in [-0.2, -0.15) is 0 Å². The normalized spacial score (nSPS) is 12.5. The molecule has 1 aromatic heterocycles. The van der Waals surface area contributed by atoms with E-state index in [9.17, 15) is 0 Å². The van der Waals surface area contributed by atoms with Gasteiger partial charge in [-0.05, 0) is 122 Å². The first-order chi connectivity index (χ1) is 29.3. The van der Waals surface area contributed by atoms with Gasteiger partial charge < -0.3 is 9.47 Å². The van der Waals surface area contributed by atoms with Crippen molar-refractivity contribution in [3.63, 3.8) is 0 Å². The third-order valence-corrected chi connectivity index (χ3v) is 12.1. The van der Waals surface area contributed by atoms with Crippen molar-refractivity contribution in [2.24, 2.45) is 0 Å². The SMILES string of the molecule is c1ccc(-c2ccc3c(ccn3-c3ccc(-c4ccc(N(c5ccccc5)c5ccc6c(c5)C(c5ccccc5)(c5ccccc5)c5ccccc5-6)cc4)cc3)c2)cc1. The molecule has 9 aromatic carbocycles. The van der Waals surface area contributed by atoms with Crippen molar-refractivity contribution in [2.75, 3.05) is 4.90 Å². The summed E-state index contributed by atoms with van der Waals surface area (Å²) in [5, 5.41) is 1.23. The predicted octanol–water partition coefficient (Wildman–Crippen LogP) is 14.8. The summed E-state index contributed by atoms with van der Waals surface area (Å²) in [5.74, 6) is 0. The molecular weight excluding hydrogens is 713 g/mol. The highest BCUT2D eigenvalue weighted by Gasteiger charge is 2.46. The van der Waals surface area contributed by atoms with Crippen LogP contribution in [0.15, 0.2) is 243 Å². The smallest absolute Gasteiger partial charge is 0.0714 e. The fourth-order valence-corrected chi connectivity index (χ4v) is 9.39. The molecule has 2 heteroatoms. The van der Waals surface area contributed by atoms with Gasteiger partial charge in [0, 0.05) is 34.3 Å². The van der Waals surface area contributed by atoms with Crippen molar-refractivity contribution in [2.45, 2.75) is 5.41 Å². The Kier molecular flexibility index (Phi) is 8.41. The lowest BCUT2D eigenvalue weighted by Crippen LogP contribution is -2.28. The number of aromatic nitrogens is 1. The van der Waals surface area contributed by atoms with Gasteiger partial charge in [-0.15, -0.1) is 0 Å². The zero-order chi connectivity index (χ0) is 39.2. The number of hydrogen-bond donors (Lipinski definition) is 0. The van der Waals surface area contributed by atoms with Crippen molar-refractivity contribution >= 4 is 28.0 Å². The molecule has 1 aliphatic carbocycles. The van der Waals surface area contributed by atoms with Gasteiger partial charge in [0.25, 0.3) is 0 Å². The summed E-state index contributed by atoms with van der Waals surface area (Å²) < 4.78 is 2.27. The summed E-state index contributed by atoms with van der Waals surface area (Å²) in [4.78, 5) is 2.39. The van der Waals surface area contributed by atoms with Gasteiger partial charge in [-0.3, -0.25) is 0 Å². The maximum Gasteiger partial charge on any atom is 0.0714 e. The van der Waals surface area contributed by atoms with E-state index in [1.807, 2.05) is 0 Å². The molecule has 10 aromatic rings. The minimum absolute atomic E-state index is 0.471. The first-order valence-corrected chi connectivity index (χ1v) is 20.3. The van der Waals surface area contributed by atoms with Crippen LogP contribution in [0.5, 0.6) is 0 Å². The van der Waals surface area contributed by atoms with E-state index in [4.69, 9.17) is 0 Å². The third kappa shape index (κ3) is 5.80. The molecule has 0 radical (unpaired) electrons. The van der Waals surface area contributed by atoms with E-state index in [2.05, 4.69) is 252 Å². The average molecular weight is 753 g/mol. The lowest BCUT2D eigenvalue weighted by atomic mass is 9.67. The Morgan fingerprint density at radius 1 is 0.339 bits per heavy atom. The van der Waals surface area contributed by atoms with Crippen molar-refractivity contribution < 1.29 is 0 Å². The van der Waals surface area contributed by atoms with Crippen molar-refractivity contribution in [3.8, 4) is 39.1 Å². The van der Waals surface area contributed by atoms with Crippen LogP contribution in [-0.4, -0.2) is 4.57 Å². The minimum atomic E-state index is -0.471. The maximum absolute atomic E-state index is 2.43. The molecule has 11 rings (SSSR count). The summed E-state index contributed by atoms with van der Waals surface area (Å²) in [6.07, 6.45) is 2.17. The van der Waals surface area contributed by atoms with Crippen LogP contribution in [0.25, 0.3) is 50.0 Å². The molecule has 0 unspecified atom stereocenters. The molecule has 0 fully saturated rings. The average Bonchev–Trinajstić information content (AvgIpc) is 3.88. The zero-order valence-corrected chi connectivity index (χ0v) is 32.5. The van der Waals surface area contributed by atoms with Crippen molar-refractivity contribution in [3.05, 3.63) is 265 Å². The Labute approximate surface area is 345 Å². The molecular formula is C57H40N2. The molecule has 0 spiro atoms. The summed E-state index contributed by atoms with van der Waals surface area (Å²) in [5.41, 5.74) is 17.7. The first-order valence-electron chi connectivity index (χ1n) is 20.3. The van der Waals surface area contributed by atoms with E-state index < -0.39 is 5.41 Å². The molecule has 1 heterocycles. The Morgan fingerprint density at radius 2 is 0.847 bits per heavy atom. The number of nitrogens with zero attached hydrogens (tertiary/aromatic N) is 2. The summed E-state index contributed by atoms with van der Waals surface area (Å²) >= 11 is 0. The van der Waals surface area contributed by atoms with Crippen LogP contribution in [0.3, 0.4) is 0 Å². The number of rotatable bonds is 8. The second-order valence-electron chi connectivity index (χ2n) is 15.3. The number of benzene rings is 9. The van der Waals surface area contributed by atoms with E-state index in [1.54, 1.807) is 0 Å². The van der Waals surface area contributed by atoms with Crippen LogP contribution >= 0.6 is 0 Å². The lowest BCUT2D eigenvalue weighted by molar-refractivity contribution is 0.768. The third-order valence-electron chi connectivity index (χ3n) is 12.1. The molecule has 0 saturated carbocycles. The number of hydrogen-bond acceptors (Lipinski definition) is 1. The largest absolute Gasteiger partial charge is 0.317 e. The van der Waals surface area contributed by atoms with E-state index in [-0.39, 0.29) is 0 Å². The van der Waals surface area contributed by atoms with Crippen LogP contribution in [0.1, 0.15) is 22.3 Å². The molecule has 2 nitrogen and oxygen atoms in total. The van der Waals surface area contributed by atoms with Crippen LogP contribution < -0.4 is 4.90 Å². The highest BCUT2D eigenvalue weighted by molar-refractivity contribution is 5.90.